The SMILES string of the molecule is CCC1[C]([Hf][C]2(C)C(C)=C(C)C(C)=C2C)=Cc2cc(C)c(C)cc21. The van der Waals surface area contributed by atoms with Crippen LogP contribution in [-0.4, -0.2) is 0 Å². The van der Waals surface area contributed by atoms with Gasteiger partial charge < -0.3 is 0 Å². The van der Waals surface area contributed by atoms with Crippen LogP contribution in [0.3, 0.4) is 0 Å². The van der Waals surface area contributed by atoms with Crippen molar-refractivity contribution in [3.63, 3.8) is 0 Å². The summed E-state index contributed by atoms with van der Waals surface area (Å²) in [5.41, 5.74) is 12.4. The van der Waals surface area contributed by atoms with Crippen LogP contribution in [0.4, 0.5) is 0 Å². The molecule has 0 nitrogen and oxygen atoms in total. The van der Waals surface area contributed by atoms with Crippen molar-refractivity contribution in [2.24, 2.45) is 0 Å². The average molecular weight is 485 g/mol. The van der Waals surface area contributed by atoms with E-state index in [4.69, 9.17) is 0 Å². The molecule has 0 aromatic heterocycles. The zero-order valence-electron chi connectivity index (χ0n) is 16.5. The van der Waals surface area contributed by atoms with Crippen LogP contribution in [0.1, 0.15) is 76.1 Å². The van der Waals surface area contributed by atoms with E-state index in [1.54, 1.807) is 27.9 Å². The van der Waals surface area contributed by atoms with E-state index < -0.39 is 22.9 Å². The standard InChI is InChI=1S/C13H15.C10H15.Hf/c1-4-11-5-6-12-7-9(2)10(3)8-13(11)12;1-6-7(2)9(4)10(5)8(6)3;/h6-8,11H,4H2,1-3H3;1-5H3;. The van der Waals surface area contributed by atoms with Gasteiger partial charge in [0.1, 0.15) is 0 Å². The first-order valence-corrected chi connectivity index (χ1v) is 12.8. The van der Waals surface area contributed by atoms with Crippen LogP contribution in [0.25, 0.3) is 6.08 Å². The second kappa shape index (κ2) is 6.24. The molecule has 0 aliphatic heterocycles. The molecule has 24 heavy (non-hydrogen) atoms. The quantitative estimate of drug-likeness (QED) is 0.401. The average Bonchev–Trinajstić information content (AvgIpc) is 2.93. The van der Waals surface area contributed by atoms with Gasteiger partial charge in [-0.15, -0.1) is 0 Å². The van der Waals surface area contributed by atoms with E-state index in [0.717, 1.165) is 0 Å². The van der Waals surface area contributed by atoms with Gasteiger partial charge in [0.15, 0.2) is 0 Å². The second-order valence-corrected chi connectivity index (χ2v) is 14.4. The second-order valence-electron chi connectivity index (χ2n) is 7.88. The normalized spacial score (nSPS) is 22.2. The van der Waals surface area contributed by atoms with Crippen LogP contribution in [0.5, 0.6) is 0 Å². The molecule has 0 N–H and O–H groups in total. The van der Waals surface area contributed by atoms with Crippen molar-refractivity contribution in [3.8, 4) is 0 Å². The van der Waals surface area contributed by atoms with E-state index in [0.29, 0.717) is 9.09 Å². The summed E-state index contributed by atoms with van der Waals surface area (Å²) in [5, 5.41) is 0. The number of fused-ring (bicyclic) bond motifs is 1. The molecule has 3 rings (SSSR count). The summed E-state index contributed by atoms with van der Waals surface area (Å²) in [5.74, 6) is 0.682. The molecule has 0 amide bonds. The van der Waals surface area contributed by atoms with Crippen LogP contribution in [0.2, 0.25) is 3.17 Å². The van der Waals surface area contributed by atoms with Gasteiger partial charge in [0.2, 0.25) is 0 Å². The van der Waals surface area contributed by atoms with Gasteiger partial charge in [-0.1, -0.05) is 0 Å². The van der Waals surface area contributed by atoms with Gasteiger partial charge in [-0.3, -0.25) is 0 Å². The third-order valence-electron chi connectivity index (χ3n) is 6.75. The number of allylic oxidation sites excluding steroid dienone is 5. The molecule has 1 aromatic rings. The molecular formula is C23H30Hf. The Morgan fingerprint density at radius 1 is 0.917 bits per heavy atom. The fraction of sp³-hybridized carbons (Fsp3) is 0.478. The van der Waals surface area contributed by atoms with Gasteiger partial charge in [0.05, 0.1) is 0 Å². The molecular weight excluding hydrogens is 455 g/mol. The van der Waals surface area contributed by atoms with Crippen molar-refractivity contribution >= 4 is 6.08 Å². The van der Waals surface area contributed by atoms with Crippen LogP contribution in [0, 0.1) is 13.8 Å². The van der Waals surface area contributed by atoms with E-state index in [9.17, 15) is 0 Å². The first-order valence-electron chi connectivity index (χ1n) is 9.17. The predicted octanol–water partition coefficient (Wildman–Crippen LogP) is 7.10. The molecule has 0 bridgehead atoms. The van der Waals surface area contributed by atoms with Gasteiger partial charge in [-0.25, -0.2) is 0 Å². The van der Waals surface area contributed by atoms with Gasteiger partial charge in [-0.05, 0) is 0 Å². The minimum absolute atomic E-state index is 0.388. The van der Waals surface area contributed by atoms with Crippen molar-refractivity contribution in [3.05, 3.63) is 60.0 Å². The molecule has 0 saturated heterocycles. The fourth-order valence-electron chi connectivity index (χ4n) is 4.36. The van der Waals surface area contributed by atoms with Gasteiger partial charge in [0, 0.05) is 0 Å². The third kappa shape index (κ3) is 2.59. The Morgan fingerprint density at radius 3 is 2.00 bits per heavy atom. The van der Waals surface area contributed by atoms with Crippen molar-refractivity contribution < 1.29 is 22.9 Å². The van der Waals surface area contributed by atoms with E-state index in [2.05, 4.69) is 73.6 Å². The fourth-order valence-corrected chi connectivity index (χ4v) is 11.9. The molecule has 1 unspecified atom stereocenters. The molecule has 0 radical (unpaired) electrons. The zero-order valence-corrected chi connectivity index (χ0v) is 20.1. The molecule has 0 spiro atoms. The van der Waals surface area contributed by atoms with Crippen molar-refractivity contribution in [1.29, 1.82) is 0 Å². The summed E-state index contributed by atoms with van der Waals surface area (Å²) in [6, 6.07) is 4.88. The molecule has 1 atom stereocenters. The molecule has 1 heteroatoms. The summed E-state index contributed by atoms with van der Waals surface area (Å²) < 4.78 is 2.21. The third-order valence-corrected chi connectivity index (χ3v) is 14.0. The number of benzene rings is 1. The Labute approximate surface area is 159 Å². The first-order chi connectivity index (χ1) is 11.2. The van der Waals surface area contributed by atoms with Crippen LogP contribution >= 0.6 is 0 Å². The van der Waals surface area contributed by atoms with Crippen LogP contribution < -0.4 is 0 Å². The van der Waals surface area contributed by atoms with Crippen LogP contribution in [0.15, 0.2) is 37.8 Å². The molecule has 2 aliphatic carbocycles. The van der Waals surface area contributed by atoms with Crippen LogP contribution in [-0.2, 0) is 22.9 Å². The Balaban J connectivity index is 2.01. The van der Waals surface area contributed by atoms with Gasteiger partial charge in [-0.2, -0.15) is 0 Å². The van der Waals surface area contributed by atoms with E-state index >= 15 is 0 Å². The molecule has 126 valence electrons. The molecule has 1 aromatic carbocycles. The number of hydrogen-bond donors (Lipinski definition) is 0. The summed E-state index contributed by atoms with van der Waals surface area (Å²) in [6.07, 6.45) is 3.82. The molecule has 0 heterocycles. The van der Waals surface area contributed by atoms with Crippen molar-refractivity contribution in [2.75, 3.05) is 0 Å². The number of aryl methyl sites for hydroxylation is 2. The monoisotopic (exact) mass is 486 g/mol. The summed E-state index contributed by atoms with van der Waals surface area (Å²) in [4.78, 5) is 0. The maximum absolute atomic E-state index is 2.58. The topological polar surface area (TPSA) is 0 Å². The first kappa shape index (κ1) is 18.1. The Kier molecular flexibility index (Phi) is 4.71. The Hall–Kier alpha value is -0.690. The van der Waals surface area contributed by atoms with E-state index in [-0.39, 0.29) is 0 Å². The molecule has 2 aliphatic rings. The van der Waals surface area contributed by atoms with Gasteiger partial charge >= 0.3 is 160 Å². The maximum atomic E-state index is 2.58. The number of rotatable bonds is 3. The zero-order chi connectivity index (χ0) is 17.8. The van der Waals surface area contributed by atoms with Gasteiger partial charge in [0.25, 0.3) is 0 Å². The number of hydrogen-bond acceptors (Lipinski definition) is 0. The summed E-state index contributed by atoms with van der Waals surface area (Å²) >= 11 is -1.01. The van der Waals surface area contributed by atoms with Crippen molar-refractivity contribution in [2.45, 2.75) is 70.9 Å². The predicted molar refractivity (Wildman–Crippen MR) is 102 cm³/mol. The molecule has 0 fully saturated rings. The molecule has 0 saturated carbocycles. The Morgan fingerprint density at radius 2 is 1.46 bits per heavy atom. The summed E-state index contributed by atoms with van der Waals surface area (Å²) in [6.45, 7) is 18.8. The van der Waals surface area contributed by atoms with E-state index in [1.807, 2.05) is 3.33 Å². The minimum atomic E-state index is -1.01. The Bertz CT molecular complexity index is 778. The summed E-state index contributed by atoms with van der Waals surface area (Å²) in [7, 11) is 0. The van der Waals surface area contributed by atoms with E-state index in [1.165, 1.54) is 23.1 Å². The van der Waals surface area contributed by atoms with Crippen molar-refractivity contribution in [1.82, 2.24) is 0 Å².